The lowest BCUT2D eigenvalue weighted by atomic mass is 9.73. The molecule has 0 saturated carbocycles. The van der Waals surface area contributed by atoms with Crippen molar-refractivity contribution in [3.8, 4) is 11.5 Å². The molecule has 53 heavy (non-hydrogen) atoms. The summed E-state index contributed by atoms with van der Waals surface area (Å²) in [5.74, 6) is -5.58. The van der Waals surface area contributed by atoms with Crippen LogP contribution in [0.15, 0.2) is 48.5 Å². The van der Waals surface area contributed by atoms with Crippen molar-refractivity contribution in [1.82, 2.24) is 5.32 Å². The van der Waals surface area contributed by atoms with Crippen LogP contribution in [0.2, 0.25) is 0 Å². The van der Waals surface area contributed by atoms with Gasteiger partial charge in [0.05, 0.1) is 34.3 Å². The van der Waals surface area contributed by atoms with Crippen LogP contribution in [-0.2, 0) is 25.4 Å². The van der Waals surface area contributed by atoms with Crippen molar-refractivity contribution in [2.24, 2.45) is 0 Å². The first-order valence-electron chi connectivity index (χ1n) is 15.9. The van der Waals surface area contributed by atoms with Crippen LogP contribution in [0.5, 0.6) is 11.5 Å². The Kier molecular flexibility index (Phi) is 9.62. The zero-order chi connectivity index (χ0) is 38.6. The van der Waals surface area contributed by atoms with Gasteiger partial charge in [-0.2, -0.15) is 13.2 Å². The van der Waals surface area contributed by atoms with Gasteiger partial charge in [0.2, 0.25) is 0 Å². The van der Waals surface area contributed by atoms with Crippen LogP contribution in [0.1, 0.15) is 68.8 Å². The molecule has 19 heteroatoms. The number of nitro benzene ring substituents is 1. The van der Waals surface area contributed by atoms with Crippen LogP contribution >= 0.6 is 0 Å². The van der Waals surface area contributed by atoms with Crippen molar-refractivity contribution in [1.29, 1.82) is 0 Å². The van der Waals surface area contributed by atoms with Gasteiger partial charge >= 0.3 is 18.2 Å². The van der Waals surface area contributed by atoms with Gasteiger partial charge in [0.25, 0.3) is 5.69 Å². The van der Waals surface area contributed by atoms with E-state index in [4.69, 9.17) is 14.2 Å². The summed E-state index contributed by atoms with van der Waals surface area (Å²) < 4.78 is 56.1. The molecule has 3 aromatic rings. The number of amides is 2. The lowest BCUT2D eigenvalue weighted by Crippen LogP contribution is -2.57. The Morgan fingerprint density at radius 1 is 1.04 bits per heavy atom. The van der Waals surface area contributed by atoms with Crippen molar-refractivity contribution in [2.75, 3.05) is 11.9 Å². The predicted molar refractivity (Wildman–Crippen MR) is 171 cm³/mol. The minimum atomic E-state index is -5.29. The summed E-state index contributed by atoms with van der Waals surface area (Å²) in [4.78, 5) is 61.9. The third-order valence-corrected chi connectivity index (χ3v) is 9.25. The first-order valence-corrected chi connectivity index (χ1v) is 15.9. The molecule has 2 aliphatic carbocycles. The van der Waals surface area contributed by atoms with E-state index >= 15 is 0 Å². The Labute approximate surface area is 296 Å². The molecule has 6 N–H and O–H groups in total. The van der Waals surface area contributed by atoms with Gasteiger partial charge in [0, 0.05) is 59.3 Å². The number of nitrogens with zero attached hydrogens (tertiary/aromatic N) is 1. The van der Waals surface area contributed by atoms with Crippen LogP contribution in [0.3, 0.4) is 0 Å². The summed E-state index contributed by atoms with van der Waals surface area (Å²) in [6.45, 7) is 0.472. The maximum Gasteiger partial charge on any atom is 0.471 e. The van der Waals surface area contributed by atoms with E-state index in [1.54, 1.807) is 5.32 Å². The number of nitrogens with one attached hydrogen (secondary N) is 2. The van der Waals surface area contributed by atoms with Crippen LogP contribution in [0, 0.1) is 10.1 Å². The molecular formula is C34H30F3N3O13. The van der Waals surface area contributed by atoms with E-state index in [1.807, 2.05) is 0 Å². The number of halogens is 3. The molecule has 1 saturated heterocycles. The number of aromatic hydroxyl groups is 2. The maximum absolute atomic E-state index is 13.6. The number of phenolic OH excluding ortho intramolecular Hbond substituents is 2. The van der Waals surface area contributed by atoms with Crippen molar-refractivity contribution in [2.45, 2.75) is 68.6 Å². The Morgan fingerprint density at radius 2 is 1.64 bits per heavy atom. The van der Waals surface area contributed by atoms with Crippen molar-refractivity contribution in [3.63, 3.8) is 0 Å². The predicted octanol–water partition coefficient (Wildman–Crippen LogP) is 3.31. The largest absolute Gasteiger partial charge is 0.507 e. The van der Waals surface area contributed by atoms with Crippen LogP contribution in [-0.4, -0.2) is 91.8 Å². The summed E-state index contributed by atoms with van der Waals surface area (Å²) in [6.07, 6.45) is -14.1. The SMILES string of the molecule is C[C@@H]1O[C@@H](O[C@H]2C[C@](O)(COC(=O)Nc3ccc([N+](=O)[O-])cc3)Cc3c(O)c4c(c(O)c32)C(=O)c2ccccc2C4=O)C[C@H](NC(=O)C(F)(F)F)[C@@H]1O. The van der Waals surface area contributed by atoms with Crippen molar-refractivity contribution < 1.29 is 71.9 Å². The first kappa shape index (κ1) is 37.1. The zero-order valence-corrected chi connectivity index (χ0v) is 27.4. The molecule has 3 aromatic carbocycles. The van der Waals surface area contributed by atoms with Crippen LogP contribution < -0.4 is 10.6 Å². The summed E-state index contributed by atoms with van der Waals surface area (Å²) in [5.41, 5.74) is -4.13. The molecule has 0 radical (unpaired) electrons. The molecule has 0 spiro atoms. The van der Waals surface area contributed by atoms with E-state index in [2.05, 4.69) is 5.32 Å². The fraction of sp³-hybridized carbons (Fsp3) is 0.353. The Balaban J connectivity index is 1.34. The molecule has 6 atom stereocenters. The monoisotopic (exact) mass is 745 g/mol. The van der Waals surface area contributed by atoms with E-state index in [0.29, 0.717) is 0 Å². The number of ether oxygens (including phenoxy) is 3. The van der Waals surface area contributed by atoms with Crippen LogP contribution in [0.25, 0.3) is 0 Å². The summed E-state index contributed by atoms with van der Waals surface area (Å²) in [6, 6.07) is 8.80. The molecule has 6 rings (SSSR count). The quantitative estimate of drug-likeness (QED) is 0.0905. The fourth-order valence-corrected chi connectivity index (χ4v) is 6.72. The molecule has 1 heterocycles. The Morgan fingerprint density at radius 3 is 2.23 bits per heavy atom. The van der Waals surface area contributed by atoms with Gasteiger partial charge in [0.15, 0.2) is 17.9 Å². The second-order valence-corrected chi connectivity index (χ2v) is 12.9. The van der Waals surface area contributed by atoms with E-state index < -0.39 is 119 Å². The average Bonchev–Trinajstić information content (AvgIpc) is 3.09. The molecule has 280 valence electrons. The van der Waals surface area contributed by atoms with Crippen molar-refractivity contribution in [3.05, 3.63) is 92.0 Å². The Hall–Kier alpha value is -5.63. The number of nitro groups is 1. The lowest BCUT2D eigenvalue weighted by molar-refractivity contribution is -0.384. The third kappa shape index (κ3) is 7.10. The summed E-state index contributed by atoms with van der Waals surface area (Å²) >= 11 is 0. The number of phenols is 2. The first-order chi connectivity index (χ1) is 24.9. The molecule has 0 unspecified atom stereocenters. The number of aliphatic hydroxyl groups excluding tert-OH is 1. The highest BCUT2D eigenvalue weighted by molar-refractivity contribution is 6.30. The molecule has 1 fully saturated rings. The zero-order valence-electron chi connectivity index (χ0n) is 27.4. The number of alkyl halides is 3. The van der Waals surface area contributed by atoms with E-state index in [0.717, 1.165) is 12.1 Å². The van der Waals surface area contributed by atoms with Gasteiger partial charge in [-0.05, 0) is 19.1 Å². The van der Waals surface area contributed by atoms with Crippen molar-refractivity contribution >= 4 is 34.9 Å². The minimum Gasteiger partial charge on any atom is -0.507 e. The summed E-state index contributed by atoms with van der Waals surface area (Å²) in [5, 5.41) is 60.5. The molecule has 3 aliphatic rings. The normalized spacial score (nSPS) is 25.1. The second kappa shape index (κ2) is 13.7. The third-order valence-electron chi connectivity index (χ3n) is 9.25. The molecular weight excluding hydrogens is 715 g/mol. The number of anilines is 1. The molecule has 1 aliphatic heterocycles. The van der Waals surface area contributed by atoms with Gasteiger partial charge in [-0.1, -0.05) is 24.3 Å². The molecule has 0 bridgehead atoms. The van der Waals surface area contributed by atoms with E-state index in [1.165, 1.54) is 43.3 Å². The van der Waals surface area contributed by atoms with E-state index in [9.17, 15) is 62.9 Å². The molecule has 16 nitrogen and oxygen atoms in total. The number of hydrogen-bond acceptors (Lipinski definition) is 13. The number of fused-ring (bicyclic) bond motifs is 3. The van der Waals surface area contributed by atoms with Gasteiger partial charge in [-0.3, -0.25) is 29.8 Å². The minimum absolute atomic E-state index is 0.0696. The fourth-order valence-electron chi connectivity index (χ4n) is 6.72. The highest BCUT2D eigenvalue weighted by Gasteiger charge is 2.49. The highest BCUT2D eigenvalue weighted by Crippen LogP contribution is 2.52. The van der Waals surface area contributed by atoms with Gasteiger partial charge in [-0.15, -0.1) is 0 Å². The second-order valence-electron chi connectivity index (χ2n) is 12.9. The number of non-ortho nitro benzene ring substituents is 1. The number of rotatable bonds is 7. The lowest BCUT2D eigenvalue weighted by Gasteiger charge is -2.43. The number of hydrogen-bond donors (Lipinski definition) is 6. The average molecular weight is 746 g/mol. The highest BCUT2D eigenvalue weighted by atomic mass is 19.4. The number of aliphatic hydroxyl groups is 2. The number of carbonyl (C=O) groups is 4. The maximum atomic E-state index is 13.6. The Bertz CT molecular complexity index is 2020. The van der Waals surface area contributed by atoms with E-state index in [-0.39, 0.29) is 33.6 Å². The van der Waals surface area contributed by atoms with Gasteiger partial charge in [0.1, 0.15) is 29.8 Å². The van der Waals surface area contributed by atoms with Gasteiger partial charge in [-0.25, -0.2) is 4.79 Å². The standard InChI is InChI=1S/C34H30F3N3O13/c1-14-26(41)20(39-31(46)34(35,36)37)10-22(52-14)53-21-12-33(48,13-51-32(47)38-15-6-8-16(9-7-15)40(49)50)11-19-23(21)30(45)25-24(29(19)44)27(42)17-4-2-3-5-18(17)28(25)43/h2-9,14,20-22,26,41,44-45,48H,10-13H2,1H3,(H,38,47)(H,39,46)/t14-,20-,21-,22-,26+,33-/m0/s1. The van der Waals surface area contributed by atoms with Gasteiger partial charge < -0.3 is 40.0 Å². The smallest absolute Gasteiger partial charge is 0.471 e. The number of benzene rings is 3. The topological polar surface area (TPSA) is 244 Å². The number of carbonyl (C=O) groups excluding carboxylic acids is 4. The van der Waals surface area contributed by atoms with Crippen LogP contribution in [0.4, 0.5) is 29.3 Å². The number of ketones is 2. The summed E-state index contributed by atoms with van der Waals surface area (Å²) in [7, 11) is 0. The molecule has 2 amide bonds. The molecule has 0 aromatic heterocycles.